The Morgan fingerprint density at radius 2 is 2.10 bits per heavy atom. The molecule has 0 aromatic carbocycles. The van der Waals surface area contributed by atoms with Crippen molar-refractivity contribution in [2.45, 2.75) is 13.1 Å². The van der Waals surface area contributed by atoms with Gasteiger partial charge in [-0.3, -0.25) is 14.6 Å². The van der Waals surface area contributed by atoms with Gasteiger partial charge in [0.05, 0.1) is 11.9 Å². The van der Waals surface area contributed by atoms with Crippen molar-refractivity contribution >= 4 is 27.5 Å². The number of nitrogen functional groups attached to an aromatic ring is 1. The van der Waals surface area contributed by atoms with E-state index in [1.807, 2.05) is 0 Å². The lowest BCUT2D eigenvalue weighted by Crippen LogP contribution is -2.33. The number of halogens is 1. The Bertz CT molecular complexity index is 671. The van der Waals surface area contributed by atoms with Gasteiger partial charge in [-0.15, -0.1) is 0 Å². The fourth-order valence-electron chi connectivity index (χ4n) is 1.48. The number of anilines is 1. The predicted octanol–water partition coefficient (Wildman–Crippen LogP) is 0.299. The zero-order valence-corrected chi connectivity index (χ0v) is 12.0. The Morgan fingerprint density at radius 3 is 2.80 bits per heavy atom. The molecule has 0 saturated carbocycles. The highest BCUT2D eigenvalue weighted by Gasteiger charge is 2.09. The molecule has 2 aromatic rings. The zero-order valence-electron chi connectivity index (χ0n) is 10.4. The standard InChI is InChI=1S/C12H12BrN5O2/c13-11-9(14)6-17-18(12(11)20)7-10(19)16-5-8-1-3-15-4-2-8/h1-4,6H,5,7,14H2,(H,16,19). The third kappa shape index (κ3) is 3.41. The second-order valence-corrected chi connectivity index (χ2v) is 4.80. The van der Waals surface area contributed by atoms with Crippen LogP contribution in [-0.4, -0.2) is 20.7 Å². The summed E-state index contributed by atoms with van der Waals surface area (Å²) >= 11 is 3.06. The third-order valence-electron chi connectivity index (χ3n) is 2.54. The summed E-state index contributed by atoms with van der Waals surface area (Å²) in [5.41, 5.74) is 6.25. The lowest BCUT2D eigenvalue weighted by atomic mass is 10.3. The maximum atomic E-state index is 11.8. The molecule has 2 heterocycles. The van der Waals surface area contributed by atoms with Crippen LogP contribution in [0.15, 0.2) is 40.0 Å². The van der Waals surface area contributed by atoms with E-state index in [9.17, 15) is 9.59 Å². The summed E-state index contributed by atoms with van der Waals surface area (Å²) in [7, 11) is 0. The second kappa shape index (κ2) is 6.29. The molecule has 0 aliphatic carbocycles. The topological polar surface area (TPSA) is 103 Å². The van der Waals surface area contributed by atoms with Gasteiger partial charge < -0.3 is 11.1 Å². The van der Waals surface area contributed by atoms with E-state index in [0.717, 1.165) is 10.2 Å². The van der Waals surface area contributed by atoms with Gasteiger partial charge in [-0.1, -0.05) is 0 Å². The maximum absolute atomic E-state index is 11.8. The molecular weight excluding hydrogens is 326 g/mol. The minimum atomic E-state index is -0.441. The molecule has 0 unspecified atom stereocenters. The number of aromatic nitrogens is 3. The van der Waals surface area contributed by atoms with Gasteiger partial charge in [0, 0.05) is 18.9 Å². The van der Waals surface area contributed by atoms with E-state index < -0.39 is 5.56 Å². The number of hydrogen-bond acceptors (Lipinski definition) is 5. The first-order chi connectivity index (χ1) is 9.58. The fourth-order valence-corrected chi connectivity index (χ4v) is 1.79. The van der Waals surface area contributed by atoms with Crippen molar-refractivity contribution < 1.29 is 4.79 Å². The maximum Gasteiger partial charge on any atom is 0.283 e. The number of rotatable bonds is 4. The van der Waals surface area contributed by atoms with Crippen LogP contribution < -0.4 is 16.6 Å². The van der Waals surface area contributed by atoms with Gasteiger partial charge in [-0.05, 0) is 33.6 Å². The van der Waals surface area contributed by atoms with Crippen molar-refractivity contribution in [2.75, 3.05) is 5.73 Å². The number of amides is 1. The van der Waals surface area contributed by atoms with Crippen molar-refractivity contribution in [3.05, 3.63) is 51.1 Å². The van der Waals surface area contributed by atoms with E-state index in [0.29, 0.717) is 6.54 Å². The Labute approximate surface area is 123 Å². The molecule has 2 rings (SSSR count). The van der Waals surface area contributed by atoms with Gasteiger partial charge in [0.15, 0.2) is 0 Å². The van der Waals surface area contributed by atoms with Crippen molar-refractivity contribution in [3.63, 3.8) is 0 Å². The molecule has 20 heavy (non-hydrogen) atoms. The molecule has 104 valence electrons. The average Bonchev–Trinajstić information content (AvgIpc) is 2.47. The molecule has 3 N–H and O–H groups in total. The van der Waals surface area contributed by atoms with Crippen LogP contribution in [0.4, 0.5) is 5.69 Å². The smallest absolute Gasteiger partial charge is 0.283 e. The van der Waals surface area contributed by atoms with Gasteiger partial charge in [0.25, 0.3) is 5.56 Å². The molecular formula is C12H12BrN5O2. The van der Waals surface area contributed by atoms with E-state index in [-0.39, 0.29) is 22.6 Å². The minimum absolute atomic E-state index is 0.164. The molecule has 0 atom stereocenters. The summed E-state index contributed by atoms with van der Waals surface area (Å²) in [5, 5.41) is 6.51. The van der Waals surface area contributed by atoms with Crippen LogP contribution in [-0.2, 0) is 17.9 Å². The van der Waals surface area contributed by atoms with Crippen LogP contribution >= 0.6 is 15.9 Å². The van der Waals surface area contributed by atoms with Crippen molar-refractivity contribution in [2.24, 2.45) is 0 Å². The predicted molar refractivity (Wildman–Crippen MR) is 76.7 cm³/mol. The minimum Gasteiger partial charge on any atom is -0.396 e. The fraction of sp³-hybridized carbons (Fsp3) is 0.167. The second-order valence-electron chi connectivity index (χ2n) is 4.01. The summed E-state index contributed by atoms with van der Waals surface area (Å²) in [4.78, 5) is 27.4. The van der Waals surface area contributed by atoms with E-state index in [1.54, 1.807) is 24.5 Å². The molecule has 0 saturated heterocycles. The van der Waals surface area contributed by atoms with Crippen LogP contribution in [0.5, 0.6) is 0 Å². The Balaban J connectivity index is 1.99. The van der Waals surface area contributed by atoms with Crippen LogP contribution in [0.1, 0.15) is 5.56 Å². The Kier molecular flexibility index (Phi) is 4.46. The van der Waals surface area contributed by atoms with Crippen molar-refractivity contribution in [3.8, 4) is 0 Å². The number of hydrogen-bond donors (Lipinski definition) is 2. The van der Waals surface area contributed by atoms with Gasteiger partial charge in [-0.25, -0.2) is 4.68 Å². The quantitative estimate of drug-likeness (QED) is 0.835. The summed E-state index contributed by atoms with van der Waals surface area (Å²) in [6, 6.07) is 3.59. The van der Waals surface area contributed by atoms with Gasteiger partial charge in [0.1, 0.15) is 11.0 Å². The number of nitrogens with one attached hydrogen (secondary N) is 1. The number of nitrogens with zero attached hydrogens (tertiary/aromatic N) is 3. The van der Waals surface area contributed by atoms with Crippen LogP contribution in [0.3, 0.4) is 0 Å². The number of pyridine rings is 1. The molecule has 1 amide bonds. The monoisotopic (exact) mass is 337 g/mol. The van der Waals surface area contributed by atoms with E-state index >= 15 is 0 Å². The highest BCUT2D eigenvalue weighted by atomic mass is 79.9. The third-order valence-corrected chi connectivity index (χ3v) is 3.34. The molecule has 0 radical (unpaired) electrons. The first kappa shape index (κ1) is 14.2. The number of carbonyl (C=O) groups is 1. The van der Waals surface area contributed by atoms with Crippen LogP contribution in [0, 0.1) is 0 Å². The molecule has 0 aliphatic rings. The lowest BCUT2D eigenvalue weighted by molar-refractivity contribution is -0.122. The summed E-state index contributed by atoms with van der Waals surface area (Å²) < 4.78 is 1.25. The zero-order chi connectivity index (χ0) is 14.5. The normalized spacial score (nSPS) is 10.2. The van der Waals surface area contributed by atoms with E-state index in [2.05, 4.69) is 31.3 Å². The molecule has 0 bridgehead atoms. The van der Waals surface area contributed by atoms with Crippen molar-refractivity contribution in [1.82, 2.24) is 20.1 Å². The molecule has 8 heteroatoms. The molecule has 0 aliphatic heterocycles. The van der Waals surface area contributed by atoms with Crippen LogP contribution in [0.2, 0.25) is 0 Å². The van der Waals surface area contributed by atoms with Gasteiger partial charge in [-0.2, -0.15) is 5.10 Å². The number of carbonyl (C=O) groups excluding carboxylic acids is 1. The Morgan fingerprint density at radius 1 is 1.40 bits per heavy atom. The first-order valence-electron chi connectivity index (χ1n) is 5.74. The average molecular weight is 338 g/mol. The van der Waals surface area contributed by atoms with E-state index in [4.69, 9.17) is 5.73 Å². The highest BCUT2D eigenvalue weighted by molar-refractivity contribution is 9.10. The molecule has 0 fully saturated rings. The van der Waals surface area contributed by atoms with Crippen molar-refractivity contribution in [1.29, 1.82) is 0 Å². The number of nitrogens with two attached hydrogens (primary N) is 1. The molecule has 0 spiro atoms. The molecule has 2 aromatic heterocycles. The SMILES string of the molecule is Nc1cnn(CC(=O)NCc2ccncc2)c(=O)c1Br. The van der Waals surface area contributed by atoms with Gasteiger partial charge in [0.2, 0.25) is 5.91 Å². The first-order valence-corrected chi connectivity index (χ1v) is 6.54. The Hall–Kier alpha value is -2.22. The van der Waals surface area contributed by atoms with Gasteiger partial charge >= 0.3 is 0 Å². The largest absolute Gasteiger partial charge is 0.396 e. The summed E-state index contributed by atoms with van der Waals surface area (Å²) in [5.74, 6) is -0.312. The van der Waals surface area contributed by atoms with Crippen LogP contribution in [0.25, 0.3) is 0 Å². The lowest BCUT2D eigenvalue weighted by Gasteiger charge is -2.07. The highest BCUT2D eigenvalue weighted by Crippen LogP contribution is 2.10. The summed E-state index contributed by atoms with van der Waals surface area (Å²) in [6.45, 7) is 0.203. The molecule has 7 nitrogen and oxygen atoms in total. The van der Waals surface area contributed by atoms with E-state index in [1.165, 1.54) is 6.20 Å². The summed E-state index contributed by atoms with van der Waals surface area (Å²) in [6.07, 6.45) is 4.61.